The van der Waals surface area contributed by atoms with Crippen LogP contribution in [0.15, 0.2) is 24.3 Å². The van der Waals surface area contributed by atoms with E-state index in [4.69, 9.17) is 5.73 Å². The SMILES string of the molecule is CC(C)CC(N)C(=O)N1CC(=O)Nc2ccccc21. The van der Waals surface area contributed by atoms with Crippen LogP contribution in [0.25, 0.3) is 0 Å². The van der Waals surface area contributed by atoms with Gasteiger partial charge in [0.1, 0.15) is 6.54 Å². The van der Waals surface area contributed by atoms with Gasteiger partial charge >= 0.3 is 0 Å². The quantitative estimate of drug-likeness (QED) is 0.862. The van der Waals surface area contributed by atoms with Gasteiger partial charge in [-0.25, -0.2) is 0 Å². The average molecular weight is 261 g/mol. The van der Waals surface area contributed by atoms with Crippen LogP contribution in [0.1, 0.15) is 20.3 Å². The smallest absolute Gasteiger partial charge is 0.244 e. The van der Waals surface area contributed by atoms with Crippen molar-refractivity contribution in [3.05, 3.63) is 24.3 Å². The van der Waals surface area contributed by atoms with Crippen molar-refractivity contribution >= 4 is 23.2 Å². The van der Waals surface area contributed by atoms with Crippen LogP contribution in [0.2, 0.25) is 0 Å². The second-order valence-electron chi connectivity index (χ2n) is 5.23. The molecule has 5 heteroatoms. The van der Waals surface area contributed by atoms with Gasteiger partial charge in [-0.05, 0) is 24.5 Å². The summed E-state index contributed by atoms with van der Waals surface area (Å²) in [4.78, 5) is 25.5. The molecule has 0 fully saturated rings. The van der Waals surface area contributed by atoms with Crippen molar-refractivity contribution in [3.8, 4) is 0 Å². The molecule has 19 heavy (non-hydrogen) atoms. The van der Waals surface area contributed by atoms with Crippen molar-refractivity contribution in [1.29, 1.82) is 0 Å². The Morgan fingerprint density at radius 3 is 2.79 bits per heavy atom. The zero-order valence-electron chi connectivity index (χ0n) is 11.2. The van der Waals surface area contributed by atoms with Crippen molar-refractivity contribution < 1.29 is 9.59 Å². The van der Waals surface area contributed by atoms with E-state index in [1.54, 1.807) is 6.07 Å². The maximum atomic E-state index is 12.4. The van der Waals surface area contributed by atoms with E-state index in [0.717, 1.165) is 0 Å². The Morgan fingerprint density at radius 2 is 2.11 bits per heavy atom. The molecule has 1 unspecified atom stereocenters. The molecular formula is C14H19N3O2. The van der Waals surface area contributed by atoms with Crippen molar-refractivity contribution in [2.45, 2.75) is 26.3 Å². The number of rotatable bonds is 3. The first-order valence-corrected chi connectivity index (χ1v) is 6.45. The zero-order valence-corrected chi connectivity index (χ0v) is 11.2. The summed E-state index contributed by atoms with van der Waals surface area (Å²) >= 11 is 0. The molecule has 102 valence electrons. The number of benzene rings is 1. The lowest BCUT2D eigenvalue weighted by molar-refractivity contribution is -0.123. The maximum absolute atomic E-state index is 12.4. The Morgan fingerprint density at radius 1 is 1.42 bits per heavy atom. The first kappa shape index (κ1) is 13.5. The fourth-order valence-electron chi connectivity index (χ4n) is 2.24. The molecule has 3 N–H and O–H groups in total. The van der Waals surface area contributed by atoms with E-state index in [2.05, 4.69) is 5.32 Å². The highest BCUT2D eigenvalue weighted by molar-refractivity contribution is 6.11. The Kier molecular flexibility index (Phi) is 3.85. The Labute approximate surface area is 112 Å². The number of amides is 2. The number of carbonyl (C=O) groups is 2. The van der Waals surface area contributed by atoms with Crippen molar-refractivity contribution in [2.24, 2.45) is 11.7 Å². The molecule has 5 nitrogen and oxygen atoms in total. The second kappa shape index (κ2) is 5.40. The van der Waals surface area contributed by atoms with Gasteiger partial charge in [0.15, 0.2) is 0 Å². The van der Waals surface area contributed by atoms with E-state index in [-0.39, 0.29) is 18.4 Å². The largest absolute Gasteiger partial charge is 0.323 e. The highest BCUT2D eigenvalue weighted by atomic mass is 16.2. The molecule has 0 aliphatic carbocycles. The summed E-state index contributed by atoms with van der Waals surface area (Å²) in [6.07, 6.45) is 0.610. The Bertz CT molecular complexity index is 499. The number of para-hydroxylation sites is 2. The van der Waals surface area contributed by atoms with Gasteiger partial charge in [-0.15, -0.1) is 0 Å². The van der Waals surface area contributed by atoms with Crippen LogP contribution < -0.4 is 16.0 Å². The number of anilines is 2. The molecule has 1 aliphatic heterocycles. The molecule has 0 spiro atoms. The van der Waals surface area contributed by atoms with Gasteiger partial charge in [-0.3, -0.25) is 14.5 Å². The maximum Gasteiger partial charge on any atom is 0.244 e. The van der Waals surface area contributed by atoms with E-state index >= 15 is 0 Å². The number of nitrogens with two attached hydrogens (primary N) is 1. The average Bonchev–Trinajstić information content (AvgIpc) is 2.36. The first-order valence-electron chi connectivity index (χ1n) is 6.45. The molecule has 0 saturated heterocycles. The molecular weight excluding hydrogens is 242 g/mol. The topological polar surface area (TPSA) is 75.4 Å². The Hall–Kier alpha value is -1.88. The van der Waals surface area contributed by atoms with Crippen molar-refractivity contribution in [2.75, 3.05) is 16.8 Å². The van der Waals surface area contributed by atoms with Gasteiger partial charge < -0.3 is 11.1 Å². The molecule has 0 aromatic heterocycles. The molecule has 1 atom stereocenters. The van der Waals surface area contributed by atoms with Gasteiger partial charge in [0.25, 0.3) is 0 Å². The van der Waals surface area contributed by atoms with Crippen LogP contribution in [0, 0.1) is 5.92 Å². The summed E-state index contributed by atoms with van der Waals surface area (Å²) in [5, 5.41) is 2.75. The number of hydrogen-bond acceptors (Lipinski definition) is 3. The van der Waals surface area contributed by atoms with E-state index < -0.39 is 6.04 Å². The molecule has 2 rings (SSSR count). The number of fused-ring (bicyclic) bond motifs is 1. The molecule has 1 aliphatic rings. The van der Waals surface area contributed by atoms with Gasteiger partial charge in [0, 0.05) is 0 Å². The predicted molar refractivity (Wildman–Crippen MR) is 74.9 cm³/mol. The number of nitrogens with zero attached hydrogens (tertiary/aromatic N) is 1. The summed E-state index contributed by atoms with van der Waals surface area (Å²) in [6.45, 7) is 4.07. The minimum absolute atomic E-state index is 0.0294. The lowest BCUT2D eigenvalue weighted by atomic mass is 10.0. The third-order valence-electron chi connectivity index (χ3n) is 3.08. The molecule has 0 saturated carbocycles. The lowest BCUT2D eigenvalue weighted by Crippen LogP contribution is -2.49. The van der Waals surface area contributed by atoms with Crippen LogP contribution in [-0.2, 0) is 9.59 Å². The van der Waals surface area contributed by atoms with E-state index in [9.17, 15) is 9.59 Å². The summed E-state index contributed by atoms with van der Waals surface area (Å²) < 4.78 is 0. The summed E-state index contributed by atoms with van der Waals surface area (Å²) in [5.74, 6) is -0.0485. The monoisotopic (exact) mass is 261 g/mol. The zero-order chi connectivity index (χ0) is 14.0. The van der Waals surface area contributed by atoms with E-state index in [1.165, 1.54) is 4.90 Å². The normalized spacial score (nSPS) is 16.0. The third-order valence-corrected chi connectivity index (χ3v) is 3.08. The van der Waals surface area contributed by atoms with Gasteiger partial charge in [0.05, 0.1) is 17.4 Å². The molecule has 0 bridgehead atoms. The van der Waals surface area contributed by atoms with Gasteiger partial charge in [0.2, 0.25) is 11.8 Å². The first-order chi connectivity index (χ1) is 8.99. The minimum atomic E-state index is -0.570. The van der Waals surface area contributed by atoms with Crippen LogP contribution in [0.4, 0.5) is 11.4 Å². The molecule has 2 amide bonds. The molecule has 1 aromatic carbocycles. The minimum Gasteiger partial charge on any atom is -0.323 e. The standard InChI is InChI=1S/C14H19N3O2/c1-9(2)7-10(15)14(19)17-8-13(18)16-11-5-3-4-6-12(11)17/h3-6,9-10H,7-8,15H2,1-2H3,(H,16,18). The van der Waals surface area contributed by atoms with Crippen molar-refractivity contribution in [3.63, 3.8) is 0 Å². The summed E-state index contributed by atoms with van der Waals surface area (Å²) in [5.41, 5.74) is 7.30. The van der Waals surface area contributed by atoms with Crippen LogP contribution >= 0.6 is 0 Å². The number of carbonyl (C=O) groups excluding carboxylic acids is 2. The lowest BCUT2D eigenvalue weighted by Gasteiger charge is -2.31. The second-order valence-corrected chi connectivity index (χ2v) is 5.23. The highest BCUT2D eigenvalue weighted by Crippen LogP contribution is 2.29. The third kappa shape index (κ3) is 2.93. The number of nitrogens with one attached hydrogen (secondary N) is 1. The van der Waals surface area contributed by atoms with E-state index in [0.29, 0.717) is 23.7 Å². The van der Waals surface area contributed by atoms with Crippen LogP contribution in [-0.4, -0.2) is 24.4 Å². The number of hydrogen-bond donors (Lipinski definition) is 2. The van der Waals surface area contributed by atoms with Crippen LogP contribution in [0.5, 0.6) is 0 Å². The summed E-state index contributed by atoms with van der Waals surface area (Å²) in [7, 11) is 0. The molecule has 1 heterocycles. The van der Waals surface area contributed by atoms with Gasteiger partial charge in [-0.1, -0.05) is 26.0 Å². The van der Waals surface area contributed by atoms with Gasteiger partial charge in [-0.2, -0.15) is 0 Å². The van der Waals surface area contributed by atoms with E-state index in [1.807, 2.05) is 32.0 Å². The fourth-order valence-corrected chi connectivity index (χ4v) is 2.24. The Balaban J connectivity index is 2.25. The molecule has 0 radical (unpaired) electrons. The molecule has 1 aromatic rings. The van der Waals surface area contributed by atoms with Crippen molar-refractivity contribution in [1.82, 2.24) is 0 Å². The highest BCUT2D eigenvalue weighted by Gasteiger charge is 2.29. The fraction of sp³-hybridized carbons (Fsp3) is 0.429. The summed E-state index contributed by atoms with van der Waals surface area (Å²) in [6, 6.07) is 6.68. The van der Waals surface area contributed by atoms with Crippen LogP contribution in [0.3, 0.4) is 0 Å². The predicted octanol–water partition coefficient (Wildman–Crippen LogP) is 1.35.